The van der Waals surface area contributed by atoms with Gasteiger partial charge in [0.15, 0.2) is 5.65 Å². The van der Waals surface area contributed by atoms with Gasteiger partial charge in [0.05, 0.1) is 11.9 Å². The summed E-state index contributed by atoms with van der Waals surface area (Å²) in [4.78, 5) is 29.4. The maximum atomic E-state index is 12.7. The van der Waals surface area contributed by atoms with Crippen LogP contribution in [0.4, 0.5) is 0 Å². The molecule has 1 aromatic carbocycles. The Bertz CT molecular complexity index is 977. The number of aromatic nitrogens is 4. The second-order valence-electron chi connectivity index (χ2n) is 7.03. The number of benzene rings is 1. The lowest BCUT2D eigenvalue weighted by Crippen LogP contribution is -2.35. The molecule has 0 fully saturated rings. The number of unbranched alkanes of at least 4 members (excludes halogenated alkanes) is 1. The van der Waals surface area contributed by atoms with Gasteiger partial charge in [-0.3, -0.25) is 14.2 Å². The Balaban J connectivity index is 1.71. The summed E-state index contributed by atoms with van der Waals surface area (Å²) in [5, 5.41) is 7.63. The minimum Gasteiger partial charge on any atom is -0.354 e. The topological polar surface area (TPSA) is 81.8 Å². The lowest BCUT2D eigenvalue weighted by Gasteiger charge is -2.15. The monoisotopic (exact) mass is 381 g/mol. The highest BCUT2D eigenvalue weighted by molar-refractivity contribution is 5.77. The van der Waals surface area contributed by atoms with E-state index in [1.807, 2.05) is 30.3 Å². The molecule has 1 atom stereocenters. The third-order valence-corrected chi connectivity index (χ3v) is 5.00. The molecule has 0 aliphatic heterocycles. The van der Waals surface area contributed by atoms with E-state index < -0.39 is 0 Å². The molecule has 0 unspecified atom stereocenters. The number of carbonyl (C=O) groups is 1. The number of hydrogen-bond acceptors (Lipinski definition) is 4. The molecule has 0 saturated carbocycles. The zero-order valence-corrected chi connectivity index (χ0v) is 16.5. The van der Waals surface area contributed by atoms with Crippen LogP contribution in [-0.4, -0.2) is 31.8 Å². The molecule has 0 aliphatic carbocycles. The predicted octanol–water partition coefficient (Wildman–Crippen LogP) is 2.91. The Labute approximate surface area is 164 Å². The fraction of sp³-hybridized carbons (Fsp3) is 0.429. The lowest BCUT2D eigenvalue weighted by atomic mass is 9.99. The fourth-order valence-electron chi connectivity index (χ4n) is 3.23. The normalized spacial score (nSPS) is 12.2. The zero-order valence-electron chi connectivity index (χ0n) is 16.5. The summed E-state index contributed by atoms with van der Waals surface area (Å²) in [6, 6.07) is 9.52. The van der Waals surface area contributed by atoms with E-state index >= 15 is 0 Å². The molecule has 2 heterocycles. The van der Waals surface area contributed by atoms with Gasteiger partial charge in [0.2, 0.25) is 5.91 Å². The van der Waals surface area contributed by atoms with E-state index in [0.29, 0.717) is 23.5 Å². The van der Waals surface area contributed by atoms with Gasteiger partial charge in [-0.05, 0) is 24.5 Å². The molecule has 7 nitrogen and oxygen atoms in total. The van der Waals surface area contributed by atoms with Crippen molar-refractivity contribution in [1.29, 1.82) is 0 Å². The van der Waals surface area contributed by atoms with E-state index in [2.05, 4.69) is 29.2 Å². The average molecular weight is 381 g/mol. The number of nitrogens with zero attached hydrogens (tertiary/aromatic N) is 4. The minimum absolute atomic E-state index is 0.0392. The number of fused-ring (bicyclic) bond motifs is 1. The minimum atomic E-state index is -0.264. The molecular formula is C21H27N5O2. The lowest BCUT2D eigenvalue weighted by molar-refractivity contribution is -0.121. The number of para-hydroxylation sites is 1. The molecule has 0 bridgehead atoms. The van der Waals surface area contributed by atoms with Gasteiger partial charge in [0.25, 0.3) is 5.56 Å². The number of hydrogen-bond donors (Lipinski definition) is 1. The third kappa shape index (κ3) is 4.47. The Morgan fingerprint density at radius 1 is 1.21 bits per heavy atom. The van der Waals surface area contributed by atoms with Crippen molar-refractivity contribution >= 4 is 16.9 Å². The molecule has 1 amide bonds. The molecule has 1 N–H and O–H groups in total. The highest BCUT2D eigenvalue weighted by Gasteiger charge is 2.14. The van der Waals surface area contributed by atoms with Crippen LogP contribution in [-0.2, 0) is 11.3 Å². The third-order valence-electron chi connectivity index (χ3n) is 5.00. The highest BCUT2D eigenvalue weighted by atomic mass is 16.2. The summed E-state index contributed by atoms with van der Waals surface area (Å²) in [5.41, 5.74) is 1.05. The van der Waals surface area contributed by atoms with Gasteiger partial charge in [-0.2, -0.15) is 5.10 Å². The standard InChI is InChI=1S/C21H27N5O2/c1-3-5-9-16(4-2)12-22-19(27)14-25-15-23-20-18(21(25)28)13-24-26(20)17-10-7-6-8-11-17/h6-8,10-11,13,15-16H,3-5,9,12,14H2,1-2H3,(H,22,27)/t16-/m0/s1. The molecule has 3 aromatic rings. The molecule has 0 radical (unpaired) electrons. The van der Waals surface area contributed by atoms with Crippen molar-refractivity contribution in [2.45, 2.75) is 46.1 Å². The molecule has 7 heteroatoms. The first kappa shape index (κ1) is 19.8. The van der Waals surface area contributed by atoms with Crippen molar-refractivity contribution in [3.05, 3.63) is 53.2 Å². The quantitative estimate of drug-likeness (QED) is 0.618. The Morgan fingerprint density at radius 2 is 2.00 bits per heavy atom. The van der Waals surface area contributed by atoms with E-state index in [9.17, 15) is 9.59 Å². The molecule has 28 heavy (non-hydrogen) atoms. The van der Waals surface area contributed by atoms with Crippen molar-refractivity contribution in [3.63, 3.8) is 0 Å². The van der Waals surface area contributed by atoms with Crippen molar-refractivity contribution in [3.8, 4) is 5.69 Å². The SMILES string of the molecule is CCCC[C@H](CC)CNC(=O)Cn1cnc2c(cnn2-c2ccccc2)c1=O. The molecule has 2 aromatic heterocycles. The molecule has 0 spiro atoms. The summed E-state index contributed by atoms with van der Waals surface area (Å²) >= 11 is 0. The van der Waals surface area contributed by atoms with Crippen LogP contribution in [0.3, 0.4) is 0 Å². The van der Waals surface area contributed by atoms with Crippen molar-refractivity contribution in [2.75, 3.05) is 6.54 Å². The van der Waals surface area contributed by atoms with E-state index in [1.165, 1.54) is 23.5 Å². The van der Waals surface area contributed by atoms with Gasteiger partial charge < -0.3 is 5.32 Å². The Kier molecular flexibility index (Phi) is 6.57. The van der Waals surface area contributed by atoms with Crippen LogP contribution >= 0.6 is 0 Å². The van der Waals surface area contributed by atoms with E-state index in [1.54, 1.807) is 4.68 Å². The van der Waals surface area contributed by atoms with Crippen LogP contribution < -0.4 is 10.9 Å². The van der Waals surface area contributed by atoms with Crippen LogP contribution in [0.1, 0.15) is 39.5 Å². The summed E-state index contributed by atoms with van der Waals surface area (Å²) in [5.74, 6) is 0.305. The first-order chi connectivity index (χ1) is 13.6. The summed E-state index contributed by atoms with van der Waals surface area (Å²) < 4.78 is 2.96. The van der Waals surface area contributed by atoms with Crippen LogP contribution in [0.2, 0.25) is 0 Å². The van der Waals surface area contributed by atoms with Crippen LogP contribution in [0.5, 0.6) is 0 Å². The van der Waals surface area contributed by atoms with E-state index in [-0.39, 0.29) is 18.0 Å². The van der Waals surface area contributed by atoms with Crippen LogP contribution in [0, 0.1) is 5.92 Å². The fourth-order valence-corrected chi connectivity index (χ4v) is 3.23. The van der Waals surface area contributed by atoms with Gasteiger partial charge in [0.1, 0.15) is 18.3 Å². The number of nitrogens with one attached hydrogen (secondary N) is 1. The largest absolute Gasteiger partial charge is 0.354 e. The maximum absolute atomic E-state index is 12.7. The Morgan fingerprint density at radius 3 is 2.71 bits per heavy atom. The van der Waals surface area contributed by atoms with Crippen LogP contribution in [0.15, 0.2) is 47.7 Å². The van der Waals surface area contributed by atoms with E-state index in [4.69, 9.17) is 0 Å². The van der Waals surface area contributed by atoms with Gasteiger partial charge in [-0.1, -0.05) is 51.3 Å². The average Bonchev–Trinajstić information content (AvgIpc) is 3.16. The summed E-state index contributed by atoms with van der Waals surface area (Å²) in [7, 11) is 0. The van der Waals surface area contributed by atoms with Crippen molar-refractivity contribution in [1.82, 2.24) is 24.6 Å². The molecule has 0 saturated heterocycles. The summed E-state index contributed by atoms with van der Waals surface area (Å²) in [6.45, 7) is 4.91. The number of rotatable bonds is 9. The zero-order chi connectivity index (χ0) is 19.9. The van der Waals surface area contributed by atoms with Gasteiger partial charge in [0, 0.05) is 6.54 Å². The van der Waals surface area contributed by atoms with Gasteiger partial charge >= 0.3 is 0 Å². The van der Waals surface area contributed by atoms with E-state index in [0.717, 1.165) is 24.9 Å². The first-order valence-electron chi connectivity index (χ1n) is 9.89. The smallest absolute Gasteiger partial charge is 0.264 e. The number of amides is 1. The van der Waals surface area contributed by atoms with Crippen LogP contribution in [0.25, 0.3) is 16.7 Å². The molecular weight excluding hydrogens is 354 g/mol. The predicted molar refractivity (Wildman–Crippen MR) is 109 cm³/mol. The molecule has 3 rings (SSSR count). The van der Waals surface area contributed by atoms with Crippen molar-refractivity contribution in [2.24, 2.45) is 5.92 Å². The second kappa shape index (κ2) is 9.30. The second-order valence-corrected chi connectivity index (χ2v) is 7.03. The summed E-state index contributed by atoms with van der Waals surface area (Å²) in [6.07, 6.45) is 7.39. The molecule has 0 aliphatic rings. The van der Waals surface area contributed by atoms with Gasteiger partial charge in [-0.25, -0.2) is 9.67 Å². The number of carbonyl (C=O) groups excluding carboxylic acids is 1. The maximum Gasteiger partial charge on any atom is 0.264 e. The Hall–Kier alpha value is -2.96. The first-order valence-corrected chi connectivity index (χ1v) is 9.89. The van der Waals surface area contributed by atoms with Gasteiger partial charge in [-0.15, -0.1) is 0 Å². The van der Waals surface area contributed by atoms with Crippen molar-refractivity contribution < 1.29 is 4.79 Å². The molecule has 148 valence electrons. The highest BCUT2D eigenvalue weighted by Crippen LogP contribution is 2.13.